The molecule has 7 heteroatoms. The Morgan fingerprint density at radius 2 is 1.32 bits per heavy atom. The van der Waals surface area contributed by atoms with Gasteiger partial charge in [0.15, 0.2) is 0 Å². The molecule has 0 bridgehead atoms. The van der Waals surface area contributed by atoms with E-state index in [9.17, 15) is 14.4 Å². The predicted octanol–water partition coefficient (Wildman–Crippen LogP) is 2.80. The van der Waals surface area contributed by atoms with Crippen LogP contribution in [0.2, 0.25) is 0 Å². The topological polar surface area (TPSA) is 72.9 Å². The number of carbonyl (C=O) groups is 3. The molecule has 3 aromatic rings. The second kappa shape index (κ2) is 10.5. The van der Waals surface area contributed by atoms with Gasteiger partial charge in [-0.1, -0.05) is 0 Å². The fourth-order valence-corrected chi connectivity index (χ4v) is 19.0. The van der Waals surface area contributed by atoms with Gasteiger partial charge in [-0.15, -0.1) is 0 Å². The Morgan fingerprint density at radius 1 is 0.838 bits per heavy atom. The first-order valence-corrected chi connectivity index (χ1v) is 18.3. The molecule has 1 aliphatic heterocycles. The molecule has 6 nitrogen and oxygen atoms in total. The van der Waals surface area contributed by atoms with Crippen molar-refractivity contribution in [3.05, 3.63) is 101 Å². The third-order valence-corrected chi connectivity index (χ3v) is 20.6. The molecule has 37 heavy (non-hydrogen) atoms. The summed E-state index contributed by atoms with van der Waals surface area (Å²) in [7, 11) is 2.63. The van der Waals surface area contributed by atoms with Gasteiger partial charge in [0.05, 0.1) is 0 Å². The van der Waals surface area contributed by atoms with Crippen molar-refractivity contribution in [3.63, 3.8) is 0 Å². The van der Waals surface area contributed by atoms with Crippen molar-refractivity contribution < 1.29 is 23.9 Å². The molecule has 0 unspecified atom stereocenters. The van der Waals surface area contributed by atoms with Crippen LogP contribution in [-0.4, -0.2) is 61.5 Å². The number of amides is 2. The summed E-state index contributed by atoms with van der Waals surface area (Å²) in [6, 6.07) is 31.2. The van der Waals surface area contributed by atoms with E-state index in [0.29, 0.717) is 6.42 Å². The minimum absolute atomic E-state index is 0.102. The van der Waals surface area contributed by atoms with Gasteiger partial charge in [0, 0.05) is 0 Å². The van der Waals surface area contributed by atoms with E-state index in [2.05, 4.69) is 76.9 Å². The number of nitrogens with zero attached hydrogens (tertiary/aromatic N) is 1. The SMILES string of the molecule is COC(=O)C[C@H]1/C(=[CH]/[Sn]([c]2ccccc2)([c]2ccccc2)[c]2ccccc2)C[C@@H]2C(=O)N(C(=O)OC)[C@@H]21. The number of benzene rings is 3. The Morgan fingerprint density at radius 3 is 1.76 bits per heavy atom. The molecule has 2 fully saturated rings. The Kier molecular flexibility index (Phi) is 7.19. The fourth-order valence-electron chi connectivity index (χ4n) is 5.98. The molecule has 1 aliphatic carbocycles. The number of likely N-dealkylation sites (tertiary alicyclic amines) is 1. The second-order valence-corrected chi connectivity index (χ2v) is 19.9. The molecular formula is C30H29NO5Sn. The third-order valence-electron chi connectivity index (χ3n) is 7.68. The molecule has 2 amide bonds. The van der Waals surface area contributed by atoms with Gasteiger partial charge in [0.2, 0.25) is 0 Å². The van der Waals surface area contributed by atoms with Crippen molar-refractivity contribution in [3.8, 4) is 0 Å². The molecule has 2 aliphatic rings. The number of fused-ring (bicyclic) bond motifs is 1. The molecule has 0 spiro atoms. The third kappa shape index (κ3) is 4.37. The average molecular weight is 602 g/mol. The average Bonchev–Trinajstić information content (AvgIpc) is 3.25. The zero-order chi connectivity index (χ0) is 26.0. The Bertz CT molecular complexity index is 1230. The standard InChI is InChI=1S/C12H14NO5.3C6H5.Sn/c1-6-4-8-10(7(6)5-9(14)17-2)13(11(8)15)12(16)18-3;3*1-2-4-6-5-3-1;/h1,7-8,10H,4-5H2,2-3H3;3*1-5H;/t7-,8-,10+;;;;/m0..../s1. The Hall–Kier alpha value is -3.39. The van der Waals surface area contributed by atoms with E-state index in [0.717, 1.165) is 5.57 Å². The second-order valence-electron chi connectivity index (χ2n) is 9.49. The molecule has 0 radical (unpaired) electrons. The summed E-state index contributed by atoms with van der Waals surface area (Å²) in [5.74, 6) is -1.26. The van der Waals surface area contributed by atoms with E-state index < -0.39 is 30.5 Å². The van der Waals surface area contributed by atoms with Crippen LogP contribution in [0, 0.1) is 11.8 Å². The van der Waals surface area contributed by atoms with Crippen LogP contribution in [-0.2, 0) is 19.1 Å². The summed E-state index contributed by atoms with van der Waals surface area (Å²) < 4.78 is 16.2. The van der Waals surface area contributed by atoms with Crippen molar-refractivity contribution in [2.45, 2.75) is 18.9 Å². The monoisotopic (exact) mass is 603 g/mol. The number of rotatable bonds is 6. The predicted molar refractivity (Wildman–Crippen MR) is 143 cm³/mol. The van der Waals surface area contributed by atoms with Crippen LogP contribution >= 0.6 is 0 Å². The molecule has 0 N–H and O–H groups in total. The van der Waals surface area contributed by atoms with Gasteiger partial charge >= 0.3 is 221 Å². The molecule has 188 valence electrons. The maximum atomic E-state index is 13.0. The number of β-lactam (4-membered cyclic amide) rings is 1. The molecule has 1 heterocycles. The van der Waals surface area contributed by atoms with Crippen molar-refractivity contribution >= 4 is 47.1 Å². The first-order valence-electron chi connectivity index (χ1n) is 12.4. The van der Waals surface area contributed by atoms with Crippen molar-refractivity contribution in [2.24, 2.45) is 11.8 Å². The fraction of sp³-hybridized carbons (Fsp3) is 0.233. The zero-order valence-electron chi connectivity index (χ0n) is 20.9. The first-order chi connectivity index (χ1) is 18.0. The van der Waals surface area contributed by atoms with E-state index >= 15 is 0 Å². The first kappa shape index (κ1) is 25.3. The van der Waals surface area contributed by atoms with Crippen molar-refractivity contribution in [1.82, 2.24) is 4.90 Å². The Balaban J connectivity index is 1.74. The molecule has 0 aromatic heterocycles. The number of hydrogen-bond acceptors (Lipinski definition) is 5. The van der Waals surface area contributed by atoms with Gasteiger partial charge in [-0.2, -0.15) is 0 Å². The van der Waals surface area contributed by atoms with Crippen molar-refractivity contribution in [2.75, 3.05) is 14.2 Å². The normalized spacial score (nSPS) is 21.8. The number of ether oxygens (including phenoxy) is 2. The van der Waals surface area contributed by atoms with Crippen LogP contribution in [0.5, 0.6) is 0 Å². The molecule has 3 atom stereocenters. The van der Waals surface area contributed by atoms with Gasteiger partial charge in [-0.3, -0.25) is 0 Å². The van der Waals surface area contributed by atoms with Gasteiger partial charge in [-0.05, 0) is 0 Å². The van der Waals surface area contributed by atoms with Crippen LogP contribution in [0.15, 0.2) is 101 Å². The molecule has 1 saturated heterocycles. The van der Waals surface area contributed by atoms with Gasteiger partial charge in [0.1, 0.15) is 0 Å². The van der Waals surface area contributed by atoms with E-state index in [1.54, 1.807) is 0 Å². The molecule has 1 saturated carbocycles. The van der Waals surface area contributed by atoms with Gasteiger partial charge < -0.3 is 0 Å². The molecule has 3 aromatic carbocycles. The molecular weight excluding hydrogens is 573 g/mol. The zero-order valence-corrected chi connectivity index (χ0v) is 23.7. The summed E-state index contributed by atoms with van der Waals surface area (Å²) >= 11 is -3.83. The van der Waals surface area contributed by atoms with E-state index in [-0.39, 0.29) is 30.1 Å². The van der Waals surface area contributed by atoms with Gasteiger partial charge in [0.25, 0.3) is 0 Å². The number of carbonyl (C=O) groups excluding carboxylic acids is 3. The van der Waals surface area contributed by atoms with Crippen molar-refractivity contribution in [1.29, 1.82) is 0 Å². The maximum absolute atomic E-state index is 13.0. The van der Waals surface area contributed by atoms with Crippen LogP contribution < -0.4 is 10.7 Å². The summed E-state index contributed by atoms with van der Waals surface area (Å²) in [6.45, 7) is 0. The summed E-state index contributed by atoms with van der Waals surface area (Å²) in [5.41, 5.74) is 1.05. The van der Waals surface area contributed by atoms with E-state index in [1.807, 2.05) is 18.2 Å². The van der Waals surface area contributed by atoms with Gasteiger partial charge in [-0.25, -0.2) is 0 Å². The van der Waals surface area contributed by atoms with Crippen LogP contribution in [0.4, 0.5) is 4.79 Å². The number of esters is 1. The number of methoxy groups -OCH3 is 2. The van der Waals surface area contributed by atoms with E-state index in [4.69, 9.17) is 9.47 Å². The number of imide groups is 1. The summed E-state index contributed by atoms with van der Waals surface area (Å²) in [4.78, 5) is 39.2. The quantitative estimate of drug-likeness (QED) is 0.247. The summed E-state index contributed by atoms with van der Waals surface area (Å²) in [6.07, 6.45) is -0.0552. The molecule has 5 rings (SSSR count). The Labute approximate surface area is 220 Å². The minimum atomic E-state index is -3.83. The summed E-state index contributed by atoms with van der Waals surface area (Å²) in [5, 5.41) is 0. The van der Waals surface area contributed by atoms with Crippen LogP contribution in [0.1, 0.15) is 12.8 Å². The van der Waals surface area contributed by atoms with Crippen LogP contribution in [0.25, 0.3) is 0 Å². The number of hydrogen-bond donors (Lipinski definition) is 0. The van der Waals surface area contributed by atoms with Crippen LogP contribution in [0.3, 0.4) is 0 Å². The van der Waals surface area contributed by atoms with E-state index in [1.165, 1.54) is 29.9 Å².